The van der Waals surface area contributed by atoms with Crippen LogP contribution in [0.4, 0.5) is 5.69 Å². The van der Waals surface area contributed by atoms with E-state index in [0.717, 1.165) is 26.2 Å². The first-order valence-electron chi connectivity index (χ1n) is 13.5. The summed E-state index contributed by atoms with van der Waals surface area (Å²) in [4.78, 5) is 29.3. The van der Waals surface area contributed by atoms with Crippen molar-refractivity contribution in [1.29, 1.82) is 0 Å². The molecule has 0 aliphatic heterocycles. The molecule has 1 N–H and O–H groups in total. The van der Waals surface area contributed by atoms with E-state index in [2.05, 4.69) is 21.2 Å². The Labute approximate surface area is 257 Å². The standard InChI is InChI=1S/C31H38BrN3O6S/c1-22(2)19-33-31(37)27(17-23-10-7-6-8-11-23)34(20-24-12-9-13-25(32)16-24)30(36)21-35(42(5,38)39)26-14-15-28(40-3)29(18-26)41-4/h6-16,18,22,27H,17,19-21H2,1-5H3,(H,33,37)/t27-/m0/s1. The molecule has 3 rings (SSSR count). The lowest BCUT2D eigenvalue weighted by Crippen LogP contribution is -2.53. The van der Waals surface area contributed by atoms with Gasteiger partial charge in [-0.25, -0.2) is 8.42 Å². The number of sulfonamides is 1. The van der Waals surface area contributed by atoms with Gasteiger partial charge in [0.1, 0.15) is 12.6 Å². The van der Waals surface area contributed by atoms with Crippen molar-refractivity contribution in [3.63, 3.8) is 0 Å². The van der Waals surface area contributed by atoms with Crippen molar-refractivity contribution in [2.24, 2.45) is 5.92 Å². The highest BCUT2D eigenvalue weighted by Crippen LogP contribution is 2.32. The van der Waals surface area contributed by atoms with Gasteiger partial charge in [-0.2, -0.15) is 0 Å². The average molecular weight is 661 g/mol. The summed E-state index contributed by atoms with van der Waals surface area (Å²) in [5.41, 5.74) is 1.88. The van der Waals surface area contributed by atoms with Crippen LogP contribution < -0.4 is 19.1 Å². The molecular formula is C31H38BrN3O6S. The summed E-state index contributed by atoms with van der Waals surface area (Å²) < 4.78 is 38.5. The van der Waals surface area contributed by atoms with E-state index in [-0.39, 0.29) is 30.5 Å². The molecule has 9 nitrogen and oxygen atoms in total. The quantitative estimate of drug-likeness (QED) is 0.270. The van der Waals surface area contributed by atoms with Crippen molar-refractivity contribution < 1.29 is 27.5 Å². The average Bonchev–Trinajstić information content (AvgIpc) is 2.95. The molecule has 0 saturated carbocycles. The number of nitrogens with one attached hydrogen (secondary N) is 1. The lowest BCUT2D eigenvalue weighted by Gasteiger charge is -2.33. The first-order valence-corrected chi connectivity index (χ1v) is 16.1. The zero-order chi connectivity index (χ0) is 30.9. The minimum atomic E-state index is -3.92. The van der Waals surface area contributed by atoms with Crippen LogP contribution in [0, 0.1) is 5.92 Å². The van der Waals surface area contributed by atoms with Crippen molar-refractivity contribution >= 4 is 43.5 Å². The van der Waals surface area contributed by atoms with Crippen LogP contribution in [0.5, 0.6) is 11.5 Å². The van der Waals surface area contributed by atoms with Gasteiger partial charge in [-0.15, -0.1) is 0 Å². The molecule has 0 radical (unpaired) electrons. The van der Waals surface area contributed by atoms with Gasteiger partial charge in [-0.3, -0.25) is 13.9 Å². The second-order valence-electron chi connectivity index (χ2n) is 10.3. The van der Waals surface area contributed by atoms with Gasteiger partial charge in [0.05, 0.1) is 26.2 Å². The van der Waals surface area contributed by atoms with Crippen LogP contribution in [0.3, 0.4) is 0 Å². The summed E-state index contributed by atoms with van der Waals surface area (Å²) >= 11 is 3.48. The van der Waals surface area contributed by atoms with Gasteiger partial charge >= 0.3 is 0 Å². The van der Waals surface area contributed by atoms with E-state index in [4.69, 9.17) is 9.47 Å². The molecule has 0 aliphatic rings. The van der Waals surface area contributed by atoms with Gasteiger partial charge in [0.15, 0.2) is 11.5 Å². The summed E-state index contributed by atoms with van der Waals surface area (Å²) in [5.74, 6) is 0.0919. The van der Waals surface area contributed by atoms with Crippen molar-refractivity contribution in [3.05, 3.63) is 88.4 Å². The highest BCUT2D eigenvalue weighted by Gasteiger charge is 2.33. The predicted molar refractivity (Wildman–Crippen MR) is 168 cm³/mol. The van der Waals surface area contributed by atoms with E-state index in [1.54, 1.807) is 12.1 Å². The molecule has 1 atom stereocenters. The second kappa shape index (κ2) is 15.1. The molecular weight excluding hydrogens is 622 g/mol. The molecule has 0 unspecified atom stereocenters. The van der Waals surface area contributed by atoms with Gasteiger partial charge in [0.25, 0.3) is 0 Å². The van der Waals surface area contributed by atoms with E-state index < -0.39 is 28.5 Å². The number of halogens is 1. The zero-order valence-electron chi connectivity index (χ0n) is 24.5. The first kappa shape index (κ1) is 32.9. The monoisotopic (exact) mass is 659 g/mol. The molecule has 2 amide bonds. The van der Waals surface area contributed by atoms with Crippen LogP contribution in [0.25, 0.3) is 0 Å². The number of amides is 2. The number of ether oxygens (including phenoxy) is 2. The van der Waals surface area contributed by atoms with Gasteiger partial charge in [0, 0.05) is 30.0 Å². The third-order valence-corrected chi connectivity index (χ3v) is 8.17. The Morgan fingerprint density at radius 2 is 1.57 bits per heavy atom. The Morgan fingerprint density at radius 3 is 2.17 bits per heavy atom. The fraction of sp³-hybridized carbons (Fsp3) is 0.355. The highest BCUT2D eigenvalue weighted by molar-refractivity contribution is 9.10. The number of carbonyl (C=O) groups excluding carboxylic acids is 2. The topological polar surface area (TPSA) is 105 Å². The number of hydrogen-bond donors (Lipinski definition) is 1. The van der Waals surface area contributed by atoms with Crippen LogP contribution in [0.2, 0.25) is 0 Å². The normalized spacial score (nSPS) is 12.0. The lowest BCUT2D eigenvalue weighted by atomic mass is 10.0. The molecule has 42 heavy (non-hydrogen) atoms. The summed E-state index contributed by atoms with van der Waals surface area (Å²) in [6.07, 6.45) is 1.28. The van der Waals surface area contributed by atoms with E-state index >= 15 is 0 Å². The van der Waals surface area contributed by atoms with Crippen molar-refractivity contribution in [1.82, 2.24) is 10.2 Å². The third kappa shape index (κ3) is 9.22. The van der Waals surface area contributed by atoms with Crippen molar-refractivity contribution in [2.45, 2.75) is 32.9 Å². The lowest BCUT2D eigenvalue weighted by molar-refractivity contribution is -0.140. The number of rotatable bonds is 14. The molecule has 3 aromatic carbocycles. The van der Waals surface area contributed by atoms with Crippen LogP contribution in [0.1, 0.15) is 25.0 Å². The van der Waals surface area contributed by atoms with E-state index in [1.165, 1.54) is 25.2 Å². The number of methoxy groups -OCH3 is 2. The molecule has 3 aromatic rings. The van der Waals surface area contributed by atoms with E-state index in [9.17, 15) is 18.0 Å². The van der Waals surface area contributed by atoms with Crippen molar-refractivity contribution in [3.8, 4) is 11.5 Å². The Hall–Kier alpha value is -3.57. The Morgan fingerprint density at radius 1 is 0.905 bits per heavy atom. The number of benzene rings is 3. The molecule has 0 spiro atoms. The van der Waals surface area contributed by atoms with Crippen LogP contribution in [-0.4, -0.2) is 64.7 Å². The van der Waals surface area contributed by atoms with Gasteiger partial charge < -0.3 is 19.7 Å². The fourth-order valence-electron chi connectivity index (χ4n) is 4.40. The van der Waals surface area contributed by atoms with Crippen LogP contribution >= 0.6 is 15.9 Å². The maximum absolute atomic E-state index is 14.2. The van der Waals surface area contributed by atoms with E-state index in [0.29, 0.717) is 18.0 Å². The number of carbonyl (C=O) groups is 2. The van der Waals surface area contributed by atoms with E-state index in [1.807, 2.05) is 68.4 Å². The summed E-state index contributed by atoms with van der Waals surface area (Å²) in [7, 11) is -0.991. The molecule has 0 aliphatic carbocycles. The fourth-order valence-corrected chi connectivity index (χ4v) is 5.69. The Bertz CT molecular complexity index is 1470. The smallest absolute Gasteiger partial charge is 0.244 e. The zero-order valence-corrected chi connectivity index (χ0v) is 26.9. The molecule has 0 bridgehead atoms. The maximum atomic E-state index is 14.2. The van der Waals surface area contributed by atoms with Gasteiger partial charge in [-0.1, -0.05) is 72.2 Å². The van der Waals surface area contributed by atoms with Crippen molar-refractivity contribution in [2.75, 3.05) is 37.9 Å². The van der Waals surface area contributed by atoms with Gasteiger partial charge in [0.2, 0.25) is 21.8 Å². The largest absolute Gasteiger partial charge is 0.493 e. The minimum Gasteiger partial charge on any atom is -0.493 e. The molecule has 11 heteroatoms. The molecule has 0 aromatic heterocycles. The molecule has 0 saturated heterocycles. The predicted octanol–water partition coefficient (Wildman–Crippen LogP) is 4.64. The number of hydrogen-bond acceptors (Lipinski definition) is 6. The third-order valence-electron chi connectivity index (χ3n) is 6.53. The highest BCUT2D eigenvalue weighted by atomic mass is 79.9. The molecule has 226 valence electrons. The number of nitrogens with zero attached hydrogens (tertiary/aromatic N) is 2. The van der Waals surface area contributed by atoms with Crippen LogP contribution in [-0.2, 0) is 32.6 Å². The molecule has 0 heterocycles. The second-order valence-corrected chi connectivity index (χ2v) is 13.1. The first-order chi connectivity index (χ1) is 19.9. The molecule has 0 fully saturated rings. The minimum absolute atomic E-state index is 0.0917. The number of anilines is 1. The van der Waals surface area contributed by atoms with Crippen LogP contribution in [0.15, 0.2) is 77.3 Å². The SMILES string of the molecule is COc1ccc(N(CC(=O)N(Cc2cccc(Br)c2)[C@@H](Cc2ccccc2)C(=O)NCC(C)C)S(C)(=O)=O)cc1OC. The summed E-state index contributed by atoms with van der Waals surface area (Å²) in [6.45, 7) is 3.98. The summed E-state index contributed by atoms with van der Waals surface area (Å²) in [6, 6.07) is 20.6. The Balaban J connectivity index is 2.07. The summed E-state index contributed by atoms with van der Waals surface area (Å²) in [5, 5.41) is 2.97. The maximum Gasteiger partial charge on any atom is 0.244 e. The Kier molecular flexibility index (Phi) is 11.8. The van der Waals surface area contributed by atoms with Gasteiger partial charge in [-0.05, 0) is 41.3 Å².